The molecule has 0 amide bonds. The number of hydrogen-bond acceptors (Lipinski definition) is 2. The van der Waals surface area contributed by atoms with Crippen molar-refractivity contribution >= 4 is 11.8 Å². The highest BCUT2D eigenvalue weighted by Gasteiger charge is 2.54. The lowest BCUT2D eigenvalue weighted by Crippen LogP contribution is -2.50. The number of fused-ring (bicyclic) bond motifs is 1. The Labute approximate surface area is 139 Å². The maximum absolute atomic E-state index is 12.2. The van der Waals surface area contributed by atoms with E-state index in [1.54, 1.807) is 0 Å². The van der Waals surface area contributed by atoms with Crippen LogP contribution in [0.3, 0.4) is 0 Å². The molecular formula is C20H30O3. The Morgan fingerprint density at radius 2 is 2.09 bits per heavy atom. The summed E-state index contributed by atoms with van der Waals surface area (Å²) in [4.78, 5) is 23.0. The van der Waals surface area contributed by atoms with E-state index in [1.165, 1.54) is 18.1 Å². The summed E-state index contributed by atoms with van der Waals surface area (Å²) in [5.74, 6) is 0.287. The molecule has 3 nitrogen and oxygen atoms in total. The molecule has 2 rings (SSSR count). The van der Waals surface area contributed by atoms with Gasteiger partial charge in [0, 0.05) is 12.5 Å². The molecule has 1 fully saturated rings. The summed E-state index contributed by atoms with van der Waals surface area (Å²) in [5.41, 5.74) is 2.33. The van der Waals surface area contributed by atoms with Crippen LogP contribution in [-0.2, 0) is 9.59 Å². The van der Waals surface area contributed by atoms with Crippen LogP contribution in [0.2, 0.25) is 0 Å². The van der Waals surface area contributed by atoms with Crippen LogP contribution in [-0.4, -0.2) is 16.9 Å². The SMILES string of the molecule is CC1=CC(=O)C[C@@H]2[C@](C)(CC/C(C)=C/C(=O)O)[C@@H](C)CC[C@]12C. The van der Waals surface area contributed by atoms with Crippen molar-refractivity contribution in [3.63, 3.8) is 0 Å². The number of carboxylic acids is 1. The summed E-state index contributed by atoms with van der Waals surface area (Å²) in [6.07, 6.45) is 7.85. The minimum atomic E-state index is -0.874. The molecule has 1 N–H and O–H groups in total. The van der Waals surface area contributed by atoms with E-state index in [1.807, 2.05) is 13.0 Å². The fourth-order valence-electron chi connectivity index (χ4n) is 4.86. The van der Waals surface area contributed by atoms with E-state index in [2.05, 4.69) is 27.7 Å². The molecule has 0 bridgehead atoms. The predicted octanol–water partition coefficient (Wildman–Crippen LogP) is 4.78. The Kier molecular flexibility index (Phi) is 4.89. The third kappa shape index (κ3) is 3.29. The number of carbonyl (C=O) groups excluding carboxylic acids is 1. The Hall–Kier alpha value is -1.38. The Morgan fingerprint density at radius 3 is 2.70 bits per heavy atom. The van der Waals surface area contributed by atoms with Crippen molar-refractivity contribution in [1.29, 1.82) is 0 Å². The Balaban J connectivity index is 2.29. The average Bonchev–Trinajstić information content (AvgIpc) is 2.44. The smallest absolute Gasteiger partial charge is 0.328 e. The van der Waals surface area contributed by atoms with Crippen molar-refractivity contribution in [2.75, 3.05) is 0 Å². The van der Waals surface area contributed by atoms with Gasteiger partial charge < -0.3 is 5.11 Å². The van der Waals surface area contributed by atoms with Gasteiger partial charge in [0.25, 0.3) is 0 Å². The molecule has 3 heteroatoms. The number of hydrogen-bond donors (Lipinski definition) is 1. The van der Waals surface area contributed by atoms with Crippen molar-refractivity contribution in [1.82, 2.24) is 0 Å². The molecule has 0 saturated heterocycles. The molecule has 0 aliphatic heterocycles. The summed E-state index contributed by atoms with van der Waals surface area (Å²) >= 11 is 0. The summed E-state index contributed by atoms with van der Waals surface area (Å²) in [6, 6.07) is 0. The van der Waals surface area contributed by atoms with E-state index in [0.717, 1.165) is 24.8 Å². The first-order valence-electron chi connectivity index (χ1n) is 8.71. The molecule has 0 unspecified atom stereocenters. The molecular weight excluding hydrogens is 288 g/mol. The zero-order valence-electron chi connectivity index (χ0n) is 15.1. The number of aliphatic carboxylic acids is 1. The highest BCUT2D eigenvalue weighted by Crippen LogP contribution is 2.61. The zero-order valence-corrected chi connectivity index (χ0v) is 15.1. The third-order valence-electron chi connectivity index (χ3n) is 6.90. The van der Waals surface area contributed by atoms with Crippen molar-refractivity contribution < 1.29 is 14.7 Å². The van der Waals surface area contributed by atoms with E-state index >= 15 is 0 Å². The predicted molar refractivity (Wildman–Crippen MR) is 92.1 cm³/mol. The van der Waals surface area contributed by atoms with E-state index in [-0.39, 0.29) is 16.6 Å². The van der Waals surface area contributed by atoms with Crippen molar-refractivity contribution in [3.8, 4) is 0 Å². The van der Waals surface area contributed by atoms with Gasteiger partial charge in [-0.25, -0.2) is 4.79 Å². The van der Waals surface area contributed by atoms with Gasteiger partial charge in [0.2, 0.25) is 0 Å². The van der Waals surface area contributed by atoms with Crippen molar-refractivity contribution in [2.24, 2.45) is 22.7 Å². The van der Waals surface area contributed by atoms with Gasteiger partial charge in [-0.3, -0.25) is 4.79 Å². The van der Waals surface area contributed by atoms with Crippen molar-refractivity contribution in [2.45, 2.75) is 66.7 Å². The fraction of sp³-hybridized carbons (Fsp3) is 0.700. The van der Waals surface area contributed by atoms with Gasteiger partial charge in [0.15, 0.2) is 5.78 Å². The first-order chi connectivity index (χ1) is 10.6. The van der Waals surface area contributed by atoms with Crippen LogP contribution in [0.1, 0.15) is 66.7 Å². The van der Waals surface area contributed by atoms with Gasteiger partial charge in [0.05, 0.1) is 0 Å². The van der Waals surface area contributed by atoms with Gasteiger partial charge in [-0.1, -0.05) is 31.9 Å². The summed E-state index contributed by atoms with van der Waals surface area (Å²) in [6.45, 7) is 10.9. The van der Waals surface area contributed by atoms with E-state index in [9.17, 15) is 9.59 Å². The molecule has 4 atom stereocenters. The topological polar surface area (TPSA) is 54.4 Å². The van der Waals surface area contributed by atoms with Gasteiger partial charge in [-0.05, 0) is 68.3 Å². The van der Waals surface area contributed by atoms with Gasteiger partial charge in [0.1, 0.15) is 0 Å². The van der Waals surface area contributed by atoms with Gasteiger partial charge >= 0.3 is 5.97 Å². The minimum Gasteiger partial charge on any atom is -0.478 e. The summed E-state index contributed by atoms with van der Waals surface area (Å²) in [7, 11) is 0. The second kappa shape index (κ2) is 6.26. The van der Waals surface area contributed by atoms with Crippen LogP contribution in [0.4, 0.5) is 0 Å². The third-order valence-corrected chi connectivity index (χ3v) is 6.90. The molecule has 0 radical (unpaired) electrons. The standard InChI is InChI=1S/C20H30O3/c1-13(10-18(22)23)6-8-19(4)14(2)7-9-20(5)15(3)11-16(21)12-17(19)20/h10-11,14,17H,6-9,12H2,1-5H3,(H,22,23)/b13-10+/t14-,17+,19+,20+/m0/s1. The average molecular weight is 318 g/mol. The van der Waals surface area contributed by atoms with Crippen LogP contribution in [0, 0.1) is 22.7 Å². The van der Waals surface area contributed by atoms with Crippen molar-refractivity contribution in [3.05, 3.63) is 23.3 Å². The maximum Gasteiger partial charge on any atom is 0.328 e. The highest BCUT2D eigenvalue weighted by molar-refractivity contribution is 5.92. The number of carbonyl (C=O) groups is 2. The van der Waals surface area contributed by atoms with E-state index in [4.69, 9.17) is 5.11 Å². The normalized spacial score (nSPS) is 38.0. The zero-order chi connectivity index (χ0) is 17.4. The molecule has 1 saturated carbocycles. The maximum atomic E-state index is 12.2. The first kappa shape index (κ1) is 18.0. The molecule has 0 aromatic carbocycles. The summed E-state index contributed by atoms with van der Waals surface area (Å²) in [5, 5.41) is 8.91. The fourth-order valence-corrected chi connectivity index (χ4v) is 4.86. The first-order valence-corrected chi connectivity index (χ1v) is 8.71. The van der Waals surface area contributed by atoms with E-state index in [0.29, 0.717) is 18.3 Å². The monoisotopic (exact) mass is 318 g/mol. The molecule has 0 aromatic rings. The quantitative estimate of drug-likeness (QED) is 0.759. The van der Waals surface area contributed by atoms with E-state index < -0.39 is 5.97 Å². The molecule has 0 spiro atoms. The largest absolute Gasteiger partial charge is 0.478 e. The number of allylic oxidation sites excluding steroid dienone is 3. The second-order valence-corrected chi connectivity index (χ2v) is 8.24. The second-order valence-electron chi connectivity index (χ2n) is 8.24. The van der Waals surface area contributed by atoms with Crippen LogP contribution in [0.5, 0.6) is 0 Å². The molecule has 2 aliphatic rings. The molecule has 128 valence electrons. The molecule has 2 aliphatic carbocycles. The van der Waals surface area contributed by atoms with Crippen LogP contribution in [0.15, 0.2) is 23.3 Å². The van der Waals surface area contributed by atoms with Crippen LogP contribution in [0.25, 0.3) is 0 Å². The highest BCUT2D eigenvalue weighted by atomic mass is 16.4. The summed E-state index contributed by atoms with van der Waals surface area (Å²) < 4.78 is 0. The van der Waals surface area contributed by atoms with Crippen LogP contribution < -0.4 is 0 Å². The molecule has 0 aromatic heterocycles. The van der Waals surface area contributed by atoms with Gasteiger partial charge in [-0.2, -0.15) is 0 Å². The lowest BCUT2D eigenvalue weighted by molar-refractivity contribution is -0.131. The lowest BCUT2D eigenvalue weighted by atomic mass is 9.47. The number of ketones is 1. The molecule has 23 heavy (non-hydrogen) atoms. The van der Waals surface area contributed by atoms with Crippen LogP contribution >= 0.6 is 0 Å². The Morgan fingerprint density at radius 1 is 1.43 bits per heavy atom. The molecule has 0 heterocycles. The number of rotatable bonds is 4. The number of carboxylic acid groups (broad SMARTS) is 1. The minimum absolute atomic E-state index is 0.0752. The van der Waals surface area contributed by atoms with Gasteiger partial charge in [-0.15, -0.1) is 0 Å². The Bertz CT molecular complexity index is 571. The lowest BCUT2D eigenvalue weighted by Gasteiger charge is -2.57.